The quantitative estimate of drug-likeness (QED) is 0.379. The molecule has 0 saturated carbocycles. The van der Waals surface area contributed by atoms with Crippen molar-refractivity contribution in [2.75, 3.05) is 18.5 Å². The zero-order valence-corrected chi connectivity index (χ0v) is 17.8. The average molecular weight is 447 g/mol. The third-order valence-electron chi connectivity index (χ3n) is 5.68. The first kappa shape index (κ1) is 22.3. The van der Waals surface area contributed by atoms with Gasteiger partial charge in [-0.3, -0.25) is 0 Å². The number of benzene rings is 3. The van der Waals surface area contributed by atoms with Crippen molar-refractivity contribution in [3.8, 4) is 11.1 Å². The minimum atomic E-state index is -1.25. The van der Waals surface area contributed by atoms with Crippen molar-refractivity contribution < 1.29 is 24.5 Å². The summed E-state index contributed by atoms with van der Waals surface area (Å²) >= 11 is 0. The van der Waals surface area contributed by atoms with Crippen molar-refractivity contribution in [1.82, 2.24) is 5.32 Å². The Morgan fingerprint density at radius 2 is 1.48 bits per heavy atom. The van der Waals surface area contributed by atoms with Gasteiger partial charge in [0.25, 0.3) is 0 Å². The number of carbonyl (C=O) groups is 2. The first-order chi connectivity index (χ1) is 15.9. The van der Waals surface area contributed by atoms with Crippen LogP contribution in [0.3, 0.4) is 0 Å². The number of urea groups is 1. The third kappa shape index (κ3) is 4.97. The fourth-order valence-corrected chi connectivity index (χ4v) is 4.08. The highest BCUT2D eigenvalue weighted by molar-refractivity contribution is 5.87. The number of rotatable bonds is 7. The Hall–Kier alpha value is -3.88. The lowest BCUT2D eigenvalue weighted by atomic mass is 9.98. The van der Waals surface area contributed by atoms with Crippen molar-refractivity contribution in [2.24, 2.45) is 5.73 Å². The Bertz CT molecular complexity index is 1100. The number of aliphatic hydroxyl groups is 2. The standard InChI is InChI=1S/C25H25N3O5/c26-24(31)28-16-11-9-15(10-12-16)23(30)22(29)13-27-25(32)33-14-21-19-7-3-1-5-17(19)18-6-2-4-8-20(18)21/h1-12,21-23,29-30H,13-14H2,(H,27,32)(H3,26,28,31). The van der Waals surface area contributed by atoms with E-state index in [0.717, 1.165) is 22.3 Å². The van der Waals surface area contributed by atoms with Crippen LogP contribution in [0.2, 0.25) is 0 Å². The second kappa shape index (κ2) is 9.72. The predicted molar refractivity (Wildman–Crippen MR) is 124 cm³/mol. The van der Waals surface area contributed by atoms with Gasteiger partial charge >= 0.3 is 12.1 Å². The van der Waals surface area contributed by atoms with E-state index in [2.05, 4.69) is 22.8 Å². The Kier molecular flexibility index (Phi) is 6.58. The van der Waals surface area contributed by atoms with E-state index in [1.54, 1.807) is 24.3 Å². The minimum Gasteiger partial charge on any atom is -0.449 e. The highest BCUT2D eigenvalue weighted by Crippen LogP contribution is 2.44. The highest BCUT2D eigenvalue weighted by atomic mass is 16.5. The van der Waals surface area contributed by atoms with Gasteiger partial charge < -0.3 is 31.3 Å². The summed E-state index contributed by atoms with van der Waals surface area (Å²) in [5.41, 5.74) is 10.4. The number of alkyl carbamates (subject to hydrolysis) is 1. The maximum atomic E-state index is 12.3. The van der Waals surface area contributed by atoms with E-state index in [1.165, 1.54) is 0 Å². The molecule has 0 heterocycles. The number of carbonyl (C=O) groups excluding carboxylic acids is 2. The lowest BCUT2D eigenvalue weighted by molar-refractivity contribution is 0.0185. The number of primary amides is 1. The van der Waals surface area contributed by atoms with Gasteiger partial charge in [0.05, 0.1) is 0 Å². The van der Waals surface area contributed by atoms with E-state index in [0.29, 0.717) is 11.3 Å². The van der Waals surface area contributed by atoms with Gasteiger partial charge in [-0.1, -0.05) is 60.7 Å². The van der Waals surface area contributed by atoms with E-state index in [1.807, 2.05) is 36.4 Å². The Morgan fingerprint density at radius 1 is 0.909 bits per heavy atom. The molecule has 33 heavy (non-hydrogen) atoms. The molecule has 1 aliphatic carbocycles. The maximum absolute atomic E-state index is 12.3. The summed E-state index contributed by atoms with van der Waals surface area (Å²) < 4.78 is 5.43. The second-order valence-electron chi connectivity index (χ2n) is 7.83. The molecule has 4 rings (SSSR count). The lowest BCUT2D eigenvalue weighted by Gasteiger charge is -2.19. The Morgan fingerprint density at radius 3 is 2.06 bits per heavy atom. The van der Waals surface area contributed by atoms with Gasteiger partial charge in [0.1, 0.15) is 18.8 Å². The molecule has 8 nitrogen and oxygen atoms in total. The first-order valence-electron chi connectivity index (χ1n) is 10.6. The van der Waals surface area contributed by atoms with Crippen LogP contribution in [0.5, 0.6) is 0 Å². The molecule has 3 aromatic carbocycles. The molecule has 0 saturated heterocycles. The number of anilines is 1. The molecule has 6 N–H and O–H groups in total. The zero-order valence-electron chi connectivity index (χ0n) is 17.8. The molecule has 0 bridgehead atoms. The van der Waals surface area contributed by atoms with Gasteiger partial charge in [-0.15, -0.1) is 0 Å². The van der Waals surface area contributed by atoms with E-state index >= 15 is 0 Å². The molecule has 1 aliphatic rings. The van der Waals surface area contributed by atoms with Crippen LogP contribution in [0.4, 0.5) is 15.3 Å². The monoisotopic (exact) mass is 447 g/mol. The molecule has 0 aromatic heterocycles. The summed E-state index contributed by atoms with van der Waals surface area (Å²) in [5.74, 6) is -0.0637. The Balaban J connectivity index is 1.30. The largest absolute Gasteiger partial charge is 0.449 e. The van der Waals surface area contributed by atoms with Crippen molar-refractivity contribution in [3.05, 3.63) is 89.5 Å². The zero-order chi connectivity index (χ0) is 23.4. The number of nitrogens with one attached hydrogen (secondary N) is 2. The molecule has 0 radical (unpaired) electrons. The molecule has 8 heteroatoms. The summed E-state index contributed by atoms with van der Waals surface area (Å²) in [5, 5.41) is 25.5. The molecule has 2 atom stereocenters. The maximum Gasteiger partial charge on any atom is 0.407 e. The molecule has 0 fully saturated rings. The molecule has 2 unspecified atom stereocenters. The van der Waals surface area contributed by atoms with Crippen molar-refractivity contribution in [3.63, 3.8) is 0 Å². The van der Waals surface area contributed by atoms with E-state index in [4.69, 9.17) is 10.5 Å². The highest BCUT2D eigenvalue weighted by Gasteiger charge is 2.29. The van der Waals surface area contributed by atoms with Crippen LogP contribution < -0.4 is 16.4 Å². The topological polar surface area (TPSA) is 134 Å². The summed E-state index contributed by atoms with van der Waals surface area (Å²) in [6.45, 7) is -0.0358. The summed E-state index contributed by atoms with van der Waals surface area (Å²) in [6, 6.07) is 21.6. The van der Waals surface area contributed by atoms with Gasteiger partial charge in [-0.05, 0) is 39.9 Å². The summed E-state index contributed by atoms with van der Waals surface area (Å²) in [6.07, 6.45) is -3.16. The van der Waals surface area contributed by atoms with Gasteiger partial charge in [0.2, 0.25) is 0 Å². The normalized spacial score (nSPS) is 14.0. The SMILES string of the molecule is NC(=O)Nc1ccc(C(O)C(O)CNC(=O)OCC2c3ccccc3-c3ccccc32)cc1. The summed E-state index contributed by atoms with van der Waals surface area (Å²) in [4.78, 5) is 23.1. The van der Waals surface area contributed by atoms with Crippen LogP contribution in [0.25, 0.3) is 11.1 Å². The fourth-order valence-electron chi connectivity index (χ4n) is 4.08. The van der Waals surface area contributed by atoms with Crippen LogP contribution in [-0.4, -0.2) is 41.6 Å². The van der Waals surface area contributed by atoms with Crippen molar-refractivity contribution in [1.29, 1.82) is 0 Å². The molecular weight excluding hydrogens is 422 g/mol. The van der Waals surface area contributed by atoms with E-state index < -0.39 is 24.3 Å². The number of amides is 3. The minimum absolute atomic E-state index is 0.0637. The number of fused-ring (bicyclic) bond motifs is 3. The molecule has 3 aromatic rings. The van der Waals surface area contributed by atoms with Gasteiger partial charge in [0, 0.05) is 18.2 Å². The second-order valence-corrected chi connectivity index (χ2v) is 7.83. The van der Waals surface area contributed by atoms with Crippen LogP contribution in [-0.2, 0) is 4.74 Å². The average Bonchev–Trinajstić information content (AvgIpc) is 3.14. The predicted octanol–water partition coefficient (Wildman–Crippen LogP) is 3.11. The summed E-state index contributed by atoms with van der Waals surface area (Å²) in [7, 11) is 0. The van der Waals surface area contributed by atoms with Crippen LogP contribution in [0, 0.1) is 0 Å². The molecule has 0 spiro atoms. The molecular formula is C25H25N3O5. The number of nitrogens with two attached hydrogens (primary N) is 1. The number of aliphatic hydroxyl groups excluding tert-OH is 2. The molecule has 0 aliphatic heterocycles. The van der Waals surface area contributed by atoms with Gasteiger partial charge in [-0.25, -0.2) is 9.59 Å². The number of hydrogen-bond acceptors (Lipinski definition) is 5. The van der Waals surface area contributed by atoms with Crippen LogP contribution in [0.1, 0.15) is 28.7 Å². The Labute approximate surface area is 191 Å². The smallest absolute Gasteiger partial charge is 0.407 e. The van der Waals surface area contributed by atoms with E-state index in [-0.39, 0.29) is 19.1 Å². The molecule has 170 valence electrons. The first-order valence-corrected chi connectivity index (χ1v) is 10.6. The van der Waals surface area contributed by atoms with Crippen molar-refractivity contribution >= 4 is 17.8 Å². The van der Waals surface area contributed by atoms with Crippen molar-refractivity contribution in [2.45, 2.75) is 18.1 Å². The number of ether oxygens (including phenoxy) is 1. The van der Waals surface area contributed by atoms with Crippen LogP contribution in [0.15, 0.2) is 72.8 Å². The third-order valence-corrected chi connectivity index (χ3v) is 5.68. The number of hydrogen-bond donors (Lipinski definition) is 5. The van der Waals surface area contributed by atoms with Gasteiger partial charge in [0.15, 0.2) is 0 Å². The van der Waals surface area contributed by atoms with Crippen LogP contribution >= 0.6 is 0 Å². The van der Waals surface area contributed by atoms with Gasteiger partial charge in [-0.2, -0.15) is 0 Å². The molecule has 3 amide bonds. The fraction of sp³-hybridized carbons (Fsp3) is 0.200. The lowest BCUT2D eigenvalue weighted by Crippen LogP contribution is -2.36. The van der Waals surface area contributed by atoms with E-state index in [9.17, 15) is 19.8 Å².